The first kappa shape index (κ1) is 20.0. The van der Waals surface area contributed by atoms with Gasteiger partial charge in [0.2, 0.25) is 0 Å². The number of hydrogen-bond donors (Lipinski definition) is 2. The lowest BCUT2D eigenvalue weighted by molar-refractivity contribution is 0.0525. The first-order valence-electron chi connectivity index (χ1n) is 8.34. The van der Waals surface area contributed by atoms with Crippen molar-refractivity contribution in [1.82, 2.24) is 10.4 Å². The smallest absolute Gasteiger partial charge is 0.340 e. The molecule has 0 radical (unpaired) electrons. The predicted molar refractivity (Wildman–Crippen MR) is 101 cm³/mol. The van der Waals surface area contributed by atoms with Crippen LogP contribution in [0, 0.1) is 13.8 Å². The Balaban J connectivity index is 2.15. The topological polar surface area (TPSA) is 102 Å². The molecule has 0 fully saturated rings. The van der Waals surface area contributed by atoms with Crippen molar-refractivity contribution in [3.63, 3.8) is 0 Å². The Labute approximate surface area is 157 Å². The summed E-state index contributed by atoms with van der Waals surface area (Å²) in [7, 11) is 3.01. The Morgan fingerprint density at radius 1 is 1.15 bits per heavy atom. The summed E-state index contributed by atoms with van der Waals surface area (Å²) in [5, 5.41) is 3.96. The highest BCUT2D eigenvalue weighted by Gasteiger charge is 2.18. The van der Waals surface area contributed by atoms with Gasteiger partial charge in [0, 0.05) is 17.3 Å². The van der Waals surface area contributed by atoms with Crippen LogP contribution in [-0.2, 0) is 4.74 Å². The van der Waals surface area contributed by atoms with Crippen molar-refractivity contribution in [1.29, 1.82) is 0 Å². The molecule has 2 rings (SSSR count). The maximum atomic E-state index is 12.3. The zero-order valence-corrected chi connectivity index (χ0v) is 16.0. The number of aryl methyl sites for hydroxylation is 1. The molecule has 1 amide bonds. The van der Waals surface area contributed by atoms with Crippen molar-refractivity contribution in [2.75, 3.05) is 20.8 Å². The summed E-state index contributed by atoms with van der Waals surface area (Å²) in [5.74, 6) is 0.183. The monoisotopic (exact) mass is 373 g/mol. The number of amides is 1. The number of carbonyl (C=O) groups excluding carboxylic acids is 2. The molecule has 0 unspecified atom stereocenters. The van der Waals surface area contributed by atoms with Crippen LogP contribution >= 0.6 is 0 Å². The summed E-state index contributed by atoms with van der Waals surface area (Å²) in [6.45, 7) is 5.61. The largest absolute Gasteiger partial charge is 0.497 e. The third-order valence-corrected chi connectivity index (χ3v) is 3.93. The van der Waals surface area contributed by atoms with E-state index in [1.807, 2.05) is 0 Å². The second kappa shape index (κ2) is 8.88. The predicted octanol–water partition coefficient (Wildman–Crippen LogP) is 2.59. The molecule has 0 saturated heterocycles. The summed E-state index contributed by atoms with van der Waals surface area (Å²) in [5.41, 5.74) is 5.25. The van der Waals surface area contributed by atoms with Crippen LogP contribution in [0.1, 0.15) is 44.6 Å². The summed E-state index contributed by atoms with van der Waals surface area (Å²) in [6, 6.07) is 4.83. The van der Waals surface area contributed by atoms with E-state index in [2.05, 4.69) is 15.5 Å². The van der Waals surface area contributed by atoms with Crippen LogP contribution in [0.15, 0.2) is 23.3 Å². The van der Waals surface area contributed by atoms with E-state index in [9.17, 15) is 9.59 Å². The van der Waals surface area contributed by atoms with Gasteiger partial charge in [-0.05, 0) is 38.5 Å². The minimum atomic E-state index is -0.421. The number of hydrogen-bond acceptors (Lipinski definition) is 6. The van der Waals surface area contributed by atoms with E-state index in [4.69, 9.17) is 14.2 Å². The van der Waals surface area contributed by atoms with Gasteiger partial charge >= 0.3 is 5.97 Å². The molecular weight excluding hydrogens is 350 g/mol. The fourth-order valence-electron chi connectivity index (χ4n) is 2.57. The van der Waals surface area contributed by atoms with Crippen LogP contribution in [-0.4, -0.2) is 43.9 Å². The number of methoxy groups -OCH3 is 2. The SMILES string of the molecule is CCOC(=O)c1c(C)[nH]c(/C=N/NC(=O)c2cc(OC)cc(OC)c2)c1C. The Kier molecular flexibility index (Phi) is 6.59. The average molecular weight is 373 g/mol. The molecule has 0 saturated carbocycles. The van der Waals surface area contributed by atoms with Gasteiger partial charge in [-0.2, -0.15) is 5.10 Å². The van der Waals surface area contributed by atoms with Gasteiger partial charge in [0.15, 0.2) is 0 Å². The molecule has 0 spiro atoms. The summed E-state index contributed by atoms with van der Waals surface area (Å²) in [6.07, 6.45) is 1.44. The number of aromatic nitrogens is 1. The molecule has 8 heteroatoms. The van der Waals surface area contributed by atoms with Crippen molar-refractivity contribution in [3.8, 4) is 11.5 Å². The molecule has 2 aromatic rings. The molecule has 27 heavy (non-hydrogen) atoms. The molecule has 8 nitrogen and oxygen atoms in total. The van der Waals surface area contributed by atoms with E-state index >= 15 is 0 Å². The molecule has 0 atom stereocenters. The number of carbonyl (C=O) groups is 2. The third-order valence-electron chi connectivity index (χ3n) is 3.93. The fraction of sp³-hybridized carbons (Fsp3) is 0.316. The highest BCUT2D eigenvalue weighted by atomic mass is 16.5. The molecule has 144 valence electrons. The zero-order chi connectivity index (χ0) is 20.0. The van der Waals surface area contributed by atoms with E-state index in [-0.39, 0.29) is 0 Å². The van der Waals surface area contributed by atoms with Gasteiger partial charge in [0.05, 0.1) is 38.3 Å². The van der Waals surface area contributed by atoms with E-state index in [0.717, 1.165) is 0 Å². The standard InChI is InChI=1S/C19H23N3O5/c1-6-27-19(24)17-11(2)16(21-12(17)3)10-20-22-18(23)13-7-14(25-4)9-15(8-13)26-5/h7-10,21H,6H2,1-5H3,(H,22,23)/b20-10+. The van der Waals surface area contributed by atoms with Crippen LogP contribution in [0.3, 0.4) is 0 Å². The van der Waals surface area contributed by atoms with Gasteiger partial charge in [0.25, 0.3) is 5.91 Å². The number of rotatable bonds is 7. The van der Waals surface area contributed by atoms with Gasteiger partial charge < -0.3 is 19.2 Å². The lowest BCUT2D eigenvalue weighted by Crippen LogP contribution is -2.18. The normalized spacial score (nSPS) is 10.7. The minimum absolute atomic E-state index is 0.298. The van der Waals surface area contributed by atoms with Crippen LogP contribution in [0.25, 0.3) is 0 Å². The molecule has 0 bridgehead atoms. The Bertz CT molecular complexity index is 848. The third kappa shape index (κ3) is 4.66. The van der Waals surface area contributed by atoms with Crippen LogP contribution in [0.2, 0.25) is 0 Å². The van der Waals surface area contributed by atoms with Crippen molar-refractivity contribution in [2.45, 2.75) is 20.8 Å². The molecule has 1 heterocycles. The van der Waals surface area contributed by atoms with Crippen LogP contribution in [0.4, 0.5) is 0 Å². The summed E-state index contributed by atoms with van der Waals surface area (Å²) >= 11 is 0. The van der Waals surface area contributed by atoms with Gasteiger partial charge in [0.1, 0.15) is 11.5 Å². The molecule has 2 N–H and O–H groups in total. The maximum absolute atomic E-state index is 12.3. The number of esters is 1. The Morgan fingerprint density at radius 2 is 1.78 bits per heavy atom. The zero-order valence-electron chi connectivity index (χ0n) is 16.0. The molecule has 1 aromatic carbocycles. The molecule has 0 aliphatic carbocycles. The van der Waals surface area contributed by atoms with Gasteiger partial charge in [-0.3, -0.25) is 4.79 Å². The molecule has 0 aliphatic rings. The quantitative estimate of drug-likeness (QED) is 0.441. The Hall–Kier alpha value is -3.29. The first-order chi connectivity index (χ1) is 12.9. The number of nitrogens with one attached hydrogen (secondary N) is 2. The van der Waals surface area contributed by atoms with Crippen LogP contribution in [0.5, 0.6) is 11.5 Å². The number of ether oxygens (including phenoxy) is 3. The van der Waals surface area contributed by atoms with Gasteiger partial charge in [-0.25, -0.2) is 10.2 Å². The van der Waals surface area contributed by atoms with Crippen molar-refractivity contribution in [3.05, 3.63) is 46.3 Å². The fourth-order valence-corrected chi connectivity index (χ4v) is 2.57. The minimum Gasteiger partial charge on any atom is -0.497 e. The van der Waals surface area contributed by atoms with Crippen molar-refractivity contribution >= 4 is 18.1 Å². The summed E-state index contributed by atoms with van der Waals surface area (Å²) in [4.78, 5) is 27.4. The highest BCUT2D eigenvalue weighted by Crippen LogP contribution is 2.22. The number of benzene rings is 1. The van der Waals surface area contributed by atoms with Crippen molar-refractivity contribution in [2.24, 2.45) is 5.10 Å². The maximum Gasteiger partial charge on any atom is 0.340 e. The average Bonchev–Trinajstić information content (AvgIpc) is 2.94. The highest BCUT2D eigenvalue weighted by molar-refractivity contribution is 5.97. The molecule has 0 aliphatic heterocycles. The first-order valence-corrected chi connectivity index (χ1v) is 8.34. The summed E-state index contributed by atoms with van der Waals surface area (Å²) < 4.78 is 15.3. The number of hydrazone groups is 1. The van der Waals surface area contributed by atoms with E-state index in [0.29, 0.717) is 46.2 Å². The second-order valence-corrected chi connectivity index (χ2v) is 5.68. The number of H-pyrrole nitrogens is 1. The number of nitrogens with zero attached hydrogens (tertiary/aromatic N) is 1. The second-order valence-electron chi connectivity index (χ2n) is 5.68. The lowest BCUT2D eigenvalue weighted by atomic mass is 10.1. The van der Waals surface area contributed by atoms with E-state index in [1.165, 1.54) is 20.4 Å². The van der Waals surface area contributed by atoms with Gasteiger partial charge in [-0.15, -0.1) is 0 Å². The van der Waals surface area contributed by atoms with Gasteiger partial charge in [-0.1, -0.05) is 0 Å². The van der Waals surface area contributed by atoms with Crippen LogP contribution < -0.4 is 14.9 Å². The van der Waals surface area contributed by atoms with Crippen molar-refractivity contribution < 1.29 is 23.8 Å². The Morgan fingerprint density at radius 3 is 2.33 bits per heavy atom. The molecular formula is C19H23N3O5. The lowest BCUT2D eigenvalue weighted by Gasteiger charge is -2.07. The number of aromatic amines is 1. The molecule has 1 aromatic heterocycles. The van der Waals surface area contributed by atoms with E-state index in [1.54, 1.807) is 39.0 Å². The van der Waals surface area contributed by atoms with E-state index < -0.39 is 11.9 Å².